The highest BCUT2D eigenvalue weighted by molar-refractivity contribution is 7.85. The quantitative estimate of drug-likeness (QED) is 0.393. The lowest BCUT2D eigenvalue weighted by Gasteiger charge is -2.06. The van der Waals surface area contributed by atoms with E-state index in [0.29, 0.717) is 19.2 Å². The SMILES string of the molecule is CS(=O)(=O)O.O=C(O)[C@H]1NCCC1O. The van der Waals surface area contributed by atoms with Crippen LogP contribution in [0.2, 0.25) is 0 Å². The monoisotopic (exact) mass is 227 g/mol. The Balaban J connectivity index is 0.000000292. The molecule has 0 saturated carbocycles. The Kier molecular flexibility index (Phi) is 4.99. The molecule has 14 heavy (non-hydrogen) atoms. The first kappa shape index (κ1) is 13.3. The highest BCUT2D eigenvalue weighted by Crippen LogP contribution is 2.05. The van der Waals surface area contributed by atoms with Gasteiger partial charge in [0.15, 0.2) is 0 Å². The number of carbonyl (C=O) groups is 1. The maximum Gasteiger partial charge on any atom is 0.323 e. The standard InChI is InChI=1S/C5H9NO3.CH4O3S/c7-3-1-2-6-4(3)5(8)9;1-5(2,3)4/h3-4,6-7H,1-2H2,(H,8,9);1H3,(H,2,3,4)/t3?,4-;/m0./s1. The van der Waals surface area contributed by atoms with Crippen LogP contribution in [0, 0.1) is 0 Å². The fourth-order valence-corrected chi connectivity index (χ4v) is 0.941. The van der Waals surface area contributed by atoms with E-state index in [1.54, 1.807) is 0 Å². The van der Waals surface area contributed by atoms with Crippen LogP contribution in [-0.4, -0.2) is 54.1 Å². The minimum atomic E-state index is -3.67. The van der Waals surface area contributed by atoms with Gasteiger partial charge in [-0.1, -0.05) is 0 Å². The molecule has 0 aromatic carbocycles. The molecular weight excluding hydrogens is 214 g/mol. The number of nitrogens with one attached hydrogen (secondary N) is 1. The number of aliphatic hydroxyl groups excluding tert-OH is 1. The number of aliphatic carboxylic acids is 1. The van der Waals surface area contributed by atoms with Crippen LogP contribution < -0.4 is 5.32 Å². The number of carboxylic acids is 1. The second kappa shape index (κ2) is 5.25. The first-order chi connectivity index (χ1) is 6.22. The van der Waals surface area contributed by atoms with Crippen LogP contribution in [0.5, 0.6) is 0 Å². The molecule has 1 saturated heterocycles. The van der Waals surface area contributed by atoms with Crippen molar-refractivity contribution in [2.75, 3.05) is 12.8 Å². The zero-order valence-corrected chi connectivity index (χ0v) is 8.36. The molecule has 4 N–H and O–H groups in total. The Morgan fingerprint density at radius 2 is 1.93 bits per heavy atom. The van der Waals surface area contributed by atoms with Crippen LogP contribution >= 0.6 is 0 Å². The van der Waals surface area contributed by atoms with Crippen molar-refractivity contribution in [3.05, 3.63) is 0 Å². The largest absolute Gasteiger partial charge is 0.480 e. The molecule has 1 fully saturated rings. The highest BCUT2D eigenvalue weighted by Gasteiger charge is 2.30. The van der Waals surface area contributed by atoms with Crippen molar-refractivity contribution in [2.24, 2.45) is 0 Å². The summed E-state index contributed by atoms with van der Waals surface area (Å²) in [6.45, 7) is 0.595. The molecule has 2 atom stereocenters. The average Bonchev–Trinajstić information content (AvgIpc) is 2.30. The molecule has 0 aromatic rings. The summed E-state index contributed by atoms with van der Waals surface area (Å²) in [5.41, 5.74) is 0. The lowest BCUT2D eigenvalue weighted by molar-refractivity contribution is -0.141. The summed E-state index contributed by atoms with van der Waals surface area (Å²) in [4.78, 5) is 10.2. The van der Waals surface area contributed by atoms with Crippen molar-refractivity contribution >= 4 is 16.1 Å². The van der Waals surface area contributed by atoms with Gasteiger partial charge in [-0.05, 0) is 13.0 Å². The van der Waals surface area contributed by atoms with Gasteiger partial charge in [-0.15, -0.1) is 0 Å². The number of hydrogen-bond acceptors (Lipinski definition) is 5. The van der Waals surface area contributed by atoms with Crippen molar-refractivity contribution in [3.8, 4) is 0 Å². The molecule has 0 spiro atoms. The maximum absolute atomic E-state index is 10.2. The molecule has 84 valence electrons. The predicted molar refractivity (Wildman–Crippen MR) is 47.5 cm³/mol. The van der Waals surface area contributed by atoms with Crippen molar-refractivity contribution in [1.29, 1.82) is 0 Å². The van der Waals surface area contributed by atoms with Crippen LogP contribution in [0.4, 0.5) is 0 Å². The van der Waals surface area contributed by atoms with Gasteiger partial charge < -0.3 is 15.5 Å². The minimum absolute atomic E-state index is 0.539. The third-order valence-corrected chi connectivity index (χ3v) is 1.46. The lowest BCUT2D eigenvalue weighted by Crippen LogP contribution is -2.38. The van der Waals surface area contributed by atoms with Crippen molar-refractivity contribution in [1.82, 2.24) is 5.32 Å². The smallest absolute Gasteiger partial charge is 0.323 e. The summed E-state index contributed by atoms with van der Waals surface area (Å²) in [6, 6.07) is -0.745. The van der Waals surface area contributed by atoms with E-state index in [4.69, 9.17) is 14.8 Å². The summed E-state index contributed by atoms with van der Waals surface area (Å²) in [7, 11) is -3.67. The lowest BCUT2D eigenvalue weighted by atomic mass is 10.2. The summed E-state index contributed by atoms with van der Waals surface area (Å²) < 4.78 is 25.9. The number of hydrogen-bond donors (Lipinski definition) is 4. The van der Waals surface area contributed by atoms with E-state index >= 15 is 0 Å². The second-order valence-electron chi connectivity index (χ2n) is 2.86. The van der Waals surface area contributed by atoms with Gasteiger partial charge in [0.25, 0.3) is 10.1 Å². The Morgan fingerprint density at radius 1 is 1.50 bits per heavy atom. The van der Waals surface area contributed by atoms with Gasteiger partial charge in [0.2, 0.25) is 0 Å². The van der Waals surface area contributed by atoms with Gasteiger partial charge in [0.05, 0.1) is 12.4 Å². The second-order valence-corrected chi connectivity index (χ2v) is 4.33. The molecule has 0 bridgehead atoms. The van der Waals surface area contributed by atoms with E-state index in [1.165, 1.54) is 0 Å². The molecule has 1 aliphatic rings. The van der Waals surface area contributed by atoms with E-state index in [2.05, 4.69) is 5.32 Å². The highest BCUT2D eigenvalue weighted by atomic mass is 32.2. The van der Waals surface area contributed by atoms with Gasteiger partial charge in [-0.2, -0.15) is 8.42 Å². The van der Waals surface area contributed by atoms with Crippen molar-refractivity contribution in [3.63, 3.8) is 0 Å². The Hall–Kier alpha value is -0.700. The minimum Gasteiger partial charge on any atom is -0.480 e. The summed E-state index contributed by atoms with van der Waals surface area (Å²) in [5.74, 6) is -0.972. The van der Waals surface area contributed by atoms with Gasteiger partial charge in [-0.25, -0.2) is 0 Å². The molecule has 0 aliphatic carbocycles. The number of aliphatic hydroxyl groups is 1. The van der Waals surface area contributed by atoms with E-state index in [0.717, 1.165) is 0 Å². The summed E-state index contributed by atoms with van der Waals surface area (Å²) >= 11 is 0. The zero-order chi connectivity index (χ0) is 11.4. The Labute approximate surface area is 81.5 Å². The molecule has 1 unspecified atom stereocenters. The average molecular weight is 227 g/mol. The fraction of sp³-hybridized carbons (Fsp3) is 0.833. The van der Waals surface area contributed by atoms with Crippen LogP contribution in [0.1, 0.15) is 6.42 Å². The molecular formula is C6H13NO6S. The topological polar surface area (TPSA) is 124 Å². The van der Waals surface area contributed by atoms with Gasteiger partial charge in [0, 0.05) is 0 Å². The molecule has 0 aromatic heterocycles. The van der Waals surface area contributed by atoms with Crippen molar-refractivity contribution < 1.29 is 28.0 Å². The number of rotatable bonds is 1. The molecule has 0 radical (unpaired) electrons. The predicted octanol–water partition coefficient (Wildman–Crippen LogP) is -1.70. The van der Waals surface area contributed by atoms with Crippen LogP contribution in [0.25, 0.3) is 0 Å². The third kappa shape index (κ3) is 6.78. The van der Waals surface area contributed by atoms with E-state index in [-0.39, 0.29) is 0 Å². The molecule has 1 aliphatic heterocycles. The molecule has 1 rings (SSSR count). The Morgan fingerprint density at radius 3 is 2.07 bits per heavy atom. The van der Waals surface area contributed by atoms with Gasteiger partial charge >= 0.3 is 5.97 Å². The number of carboxylic acid groups (broad SMARTS) is 1. The third-order valence-electron chi connectivity index (χ3n) is 1.46. The van der Waals surface area contributed by atoms with Crippen LogP contribution in [0.15, 0.2) is 0 Å². The summed E-state index contributed by atoms with van der Waals surface area (Å²) in [6.07, 6.45) is 0.548. The van der Waals surface area contributed by atoms with Gasteiger partial charge in [0.1, 0.15) is 6.04 Å². The van der Waals surface area contributed by atoms with E-state index in [1.807, 2.05) is 0 Å². The first-order valence-electron chi connectivity index (χ1n) is 3.78. The molecule has 8 heteroatoms. The maximum atomic E-state index is 10.2. The summed E-state index contributed by atoms with van der Waals surface area (Å²) in [5, 5.41) is 19.9. The molecule has 0 amide bonds. The van der Waals surface area contributed by atoms with Crippen LogP contribution in [-0.2, 0) is 14.9 Å². The van der Waals surface area contributed by atoms with Crippen molar-refractivity contribution in [2.45, 2.75) is 18.6 Å². The fourth-order valence-electron chi connectivity index (χ4n) is 0.941. The molecule has 7 nitrogen and oxygen atoms in total. The zero-order valence-electron chi connectivity index (χ0n) is 7.54. The van der Waals surface area contributed by atoms with E-state index < -0.39 is 28.2 Å². The molecule has 1 heterocycles. The first-order valence-corrected chi connectivity index (χ1v) is 5.63. The van der Waals surface area contributed by atoms with Crippen LogP contribution in [0.3, 0.4) is 0 Å². The Bertz CT molecular complexity index is 279. The van der Waals surface area contributed by atoms with Gasteiger partial charge in [-0.3, -0.25) is 9.35 Å². The normalized spacial score (nSPS) is 26.5. The van der Waals surface area contributed by atoms with E-state index in [9.17, 15) is 13.2 Å².